The van der Waals surface area contributed by atoms with E-state index in [1.807, 2.05) is 30.3 Å². The molecule has 2 heterocycles. The molecule has 6 heteroatoms. The molecule has 1 aliphatic heterocycles. The molecule has 0 unspecified atom stereocenters. The molecule has 24 heavy (non-hydrogen) atoms. The zero-order valence-electron chi connectivity index (χ0n) is 13.3. The first-order chi connectivity index (χ1) is 11.7. The normalized spacial score (nSPS) is 17.5. The van der Waals surface area contributed by atoms with Crippen LogP contribution in [-0.2, 0) is 17.7 Å². The van der Waals surface area contributed by atoms with E-state index in [1.165, 1.54) is 23.9 Å². The molecule has 0 aliphatic carbocycles. The van der Waals surface area contributed by atoms with Crippen LogP contribution in [0.15, 0.2) is 48.7 Å². The van der Waals surface area contributed by atoms with E-state index in [0.29, 0.717) is 19.7 Å². The Balaban J connectivity index is 1.52. The van der Waals surface area contributed by atoms with Crippen LogP contribution in [0.25, 0.3) is 0 Å². The van der Waals surface area contributed by atoms with Gasteiger partial charge in [-0.2, -0.15) is 0 Å². The molecular formula is C18H20FN3O2. The second-order valence-corrected chi connectivity index (χ2v) is 5.72. The monoisotopic (exact) mass is 329 g/mol. The molecule has 1 saturated heterocycles. The predicted molar refractivity (Wildman–Crippen MR) is 87.9 cm³/mol. The Morgan fingerprint density at radius 1 is 1.29 bits per heavy atom. The number of carbonyl (C=O) groups excluding carboxylic acids is 1. The highest BCUT2D eigenvalue weighted by atomic mass is 19.1. The Hall–Kier alpha value is -2.47. The summed E-state index contributed by atoms with van der Waals surface area (Å²) in [5, 5.41) is 2.72. The van der Waals surface area contributed by atoms with Gasteiger partial charge in [0.25, 0.3) is 0 Å². The molecule has 0 radical (unpaired) electrons. The topological polar surface area (TPSA) is 54.5 Å². The molecule has 3 rings (SSSR count). The summed E-state index contributed by atoms with van der Waals surface area (Å²) in [5.74, 6) is -0.415. The van der Waals surface area contributed by atoms with E-state index in [9.17, 15) is 9.18 Å². The highest BCUT2D eigenvalue weighted by molar-refractivity contribution is 5.74. The third kappa shape index (κ3) is 4.29. The number of carbonyl (C=O) groups is 1. The standard InChI is InChI=1S/C18H20FN3O2/c19-16-7-4-8-20-17(16)12-21-18(23)22-9-10-24-15(13-22)11-14-5-2-1-3-6-14/h1-8,15H,9-13H2,(H,21,23)/t15-/m0/s1. The van der Waals surface area contributed by atoms with E-state index >= 15 is 0 Å². The van der Waals surface area contributed by atoms with Gasteiger partial charge in [0.15, 0.2) is 0 Å². The first-order valence-electron chi connectivity index (χ1n) is 8.00. The van der Waals surface area contributed by atoms with Gasteiger partial charge in [0.1, 0.15) is 5.82 Å². The van der Waals surface area contributed by atoms with Crippen molar-refractivity contribution in [3.8, 4) is 0 Å². The van der Waals surface area contributed by atoms with Gasteiger partial charge >= 0.3 is 6.03 Å². The maximum absolute atomic E-state index is 13.5. The Labute approximate surface area is 140 Å². The number of benzene rings is 1. The van der Waals surface area contributed by atoms with Crippen LogP contribution in [0.1, 0.15) is 11.3 Å². The quantitative estimate of drug-likeness (QED) is 0.937. The van der Waals surface area contributed by atoms with Gasteiger partial charge in [0.2, 0.25) is 0 Å². The fourth-order valence-electron chi connectivity index (χ4n) is 2.72. The minimum Gasteiger partial charge on any atom is -0.374 e. The summed E-state index contributed by atoms with van der Waals surface area (Å²) in [6.45, 7) is 1.63. The summed E-state index contributed by atoms with van der Waals surface area (Å²) in [6.07, 6.45) is 2.24. The molecule has 2 amide bonds. The minimum absolute atomic E-state index is 0.0292. The second-order valence-electron chi connectivity index (χ2n) is 5.72. The number of amides is 2. The molecule has 1 N–H and O–H groups in total. The first kappa shape index (κ1) is 16.4. The highest BCUT2D eigenvalue weighted by Gasteiger charge is 2.24. The van der Waals surface area contributed by atoms with Gasteiger partial charge in [-0.15, -0.1) is 0 Å². The second kappa shape index (κ2) is 7.88. The van der Waals surface area contributed by atoms with Crippen LogP contribution < -0.4 is 5.32 Å². The number of urea groups is 1. The molecule has 0 saturated carbocycles. The van der Waals surface area contributed by atoms with E-state index in [2.05, 4.69) is 10.3 Å². The smallest absolute Gasteiger partial charge is 0.317 e. The zero-order chi connectivity index (χ0) is 16.8. The molecule has 0 spiro atoms. The maximum atomic E-state index is 13.5. The average Bonchev–Trinajstić information content (AvgIpc) is 2.62. The van der Waals surface area contributed by atoms with Crippen molar-refractivity contribution < 1.29 is 13.9 Å². The van der Waals surface area contributed by atoms with Crippen molar-refractivity contribution in [3.05, 3.63) is 65.7 Å². The van der Waals surface area contributed by atoms with E-state index in [1.54, 1.807) is 4.90 Å². The van der Waals surface area contributed by atoms with Gasteiger partial charge in [-0.25, -0.2) is 9.18 Å². The van der Waals surface area contributed by atoms with Crippen LogP contribution in [0.2, 0.25) is 0 Å². The lowest BCUT2D eigenvalue weighted by molar-refractivity contribution is -0.0133. The average molecular weight is 329 g/mol. The number of aromatic nitrogens is 1. The summed E-state index contributed by atoms with van der Waals surface area (Å²) in [4.78, 5) is 17.9. The van der Waals surface area contributed by atoms with Gasteiger partial charge in [-0.3, -0.25) is 4.98 Å². The Kier molecular flexibility index (Phi) is 5.38. The maximum Gasteiger partial charge on any atom is 0.317 e. The van der Waals surface area contributed by atoms with Crippen LogP contribution in [-0.4, -0.2) is 41.7 Å². The Morgan fingerprint density at radius 2 is 2.12 bits per heavy atom. The number of hydrogen-bond acceptors (Lipinski definition) is 3. The van der Waals surface area contributed by atoms with Crippen molar-refractivity contribution in [2.24, 2.45) is 0 Å². The molecule has 0 bridgehead atoms. The largest absolute Gasteiger partial charge is 0.374 e. The minimum atomic E-state index is -0.415. The number of morpholine rings is 1. The molecule has 1 aromatic carbocycles. The van der Waals surface area contributed by atoms with Gasteiger partial charge in [0, 0.05) is 25.7 Å². The lowest BCUT2D eigenvalue weighted by Crippen LogP contribution is -2.50. The fourth-order valence-corrected chi connectivity index (χ4v) is 2.72. The van der Waals surface area contributed by atoms with Gasteiger partial charge in [-0.1, -0.05) is 30.3 Å². The van der Waals surface area contributed by atoms with E-state index < -0.39 is 5.82 Å². The number of rotatable bonds is 4. The van der Waals surface area contributed by atoms with E-state index in [-0.39, 0.29) is 24.4 Å². The van der Waals surface area contributed by atoms with Crippen LogP contribution in [0.3, 0.4) is 0 Å². The van der Waals surface area contributed by atoms with Crippen LogP contribution in [0.4, 0.5) is 9.18 Å². The molecule has 126 valence electrons. The summed E-state index contributed by atoms with van der Waals surface area (Å²) in [6, 6.07) is 12.7. The lowest BCUT2D eigenvalue weighted by atomic mass is 10.1. The predicted octanol–water partition coefficient (Wildman–Crippen LogP) is 2.37. The van der Waals surface area contributed by atoms with Crippen molar-refractivity contribution in [1.82, 2.24) is 15.2 Å². The Morgan fingerprint density at radius 3 is 2.92 bits per heavy atom. The zero-order valence-corrected chi connectivity index (χ0v) is 13.3. The van der Waals surface area contributed by atoms with E-state index in [4.69, 9.17) is 4.74 Å². The molecule has 1 fully saturated rings. The summed E-state index contributed by atoms with van der Waals surface area (Å²) < 4.78 is 19.3. The molecule has 1 aromatic heterocycles. The third-order valence-corrected chi connectivity index (χ3v) is 3.97. The van der Waals surface area contributed by atoms with Gasteiger partial charge < -0.3 is 15.0 Å². The molecular weight excluding hydrogens is 309 g/mol. The number of pyridine rings is 1. The SMILES string of the molecule is O=C(NCc1ncccc1F)N1CCO[C@@H](Cc2ccccc2)C1. The van der Waals surface area contributed by atoms with Crippen molar-refractivity contribution in [1.29, 1.82) is 0 Å². The first-order valence-corrected chi connectivity index (χ1v) is 8.00. The Bertz CT molecular complexity index is 681. The summed E-state index contributed by atoms with van der Waals surface area (Å²) in [7, 11) is 0. The van der Waals surface area contributed by atoms with Crippen LogP contribution in [0.5, 0.6) is 0 Å². The number of nitrogens with one attached hydrogen (secondary N) is 1. The van der Waals surface area contributed by atoms with Gasteiger partial charge in [0.05, 0.1) is 24.9 Å². The third-order valence-electron chi connectivity index (χ3n) is 3.97. The van der Waals surface area contributed by atoms with Crippen molar-refractivity contribution in [2.45, 2.75) is 19.1 Å². The molecule has 2 aromatic rings. The highest BCUT2D eigenvalue weighted by Crippen LogP contribution is 2.12. The van der Waals surface area contributed by atoms with Crippen molar-refractivity contribution in [3.63, 3.8) is 0 Å². The lowest BCUT2D eigenvalue weighted by Gasteiger charge is -2.33. The molecule has 1 atom stereocenters. The number of hydrogen-bond donors (Lipinski definition) is 1. The summed E-state index contributed by atoms with van der Waals surface area (Å²) >= 11 is 0. The van der Waals surface area contributed by atoms with Gasteiger partial charge in [-0.05, 0) is 17.7 Å². The van der Waals surface area contributed by atoms with Crippen LogP contribution >= 0.6 is 0 Å². The molecule has 1 aliphatic rings. The summed E-state index contributed by atoms with van der Waals surface area (Å²) in [5.41, 5.74) is 1.42. The van der Waals surface area contributed by atoms with Crippen molar-refractivity contribution >= 4 is 6.03 Å². The fraction of sp³-hybridized carbons (Fsp3) is 0.333. The number of halogens is 1. The van der Waals surface area contributed by atoms with E-state index in [0.717, 1.165) is 6.42 Å². The number of nitrogens with zero attached hydrogens (tertiary/aromatic N) is 2. The number of ether oxygens (including phenoxy) is 1. The van der Waals surface area contributed by atoms with Crippen LogP contribution in [0, 0.1) is 5.82 Å². The van der Waals surface area contributed by atoms with Crippen molar-refractivity contribution in [2.75, 3.05) is 19.7 Å². The molecule has 5 nitrogen and oxygen atoms in total.